The molecule has 1 nitrogen and oxygen atoms in total. The molecule has 0 aromatic carbocycles. The SMILES string of the molecule is CC1CCC(C(C)C)C(NCC2(C)CCCC2)C1. The van der Waals surface area contributed by atoms with E-state index in [0.717, 1.165) is 23.8 Å². The van der Waals surface area contributed by atoms with E-state index in [1.54, 1.807) is 0 Å². The summed E-state index contributed by atoms with van der Waals surface area (Å²) in [6, 6.07) is 0.783. The van der Waals surface area contributed by atoms with Gasteiger partial charge in [0.15, 0.2) is 0 Å². The summed E-state index contributed by atoms with van der Waals surface area (Å²) in [7, 11) is 0. The molecule has 0 aromatic rings. The van der Waals surface area contributed by atoms with Crippen molar-refractivity contribution in [1.82, 2.24) is 5.32 Å². The van der Waals surface area contributed by atoms with Crippen LogP contribution in [0.15, 0.2) is 0 Å². The first kappa shape index (κ1) is 14.4. The highest BCUT2D eigenvalue weighted by Crippen LogP contribution is 2.38. The van der Waals surface area contributed by atoms with Crippen molar-refractivity contribution in [2.24, 2.45) is 23.2 Å². The molecule has 0 amide bonds. The van der Waals surface area contributed by atoms with Gasteiger partial charge in [-0.15, -0.1) is 0 Å². The van der Waals surface area contributed by atoms with Gasteiger partial charge in [0.1, 0.15) is 0 Å². The smallest absolute Gasteiger partial charge is 0.0100 e. The Balaban J connectivity index is 1.88. The maximum Gasteiger partial charge on any atom is 0.0100 e. The van der Waals surface area contributed by atoms with Gasteiger partial charge in [-0.05, 0) is 48.9 Å². The summed E-state index contributed by atoms with van der Waals surface area (Å²) in [4.78, 5) is 0. The first-order valence-corrected chi connectivity index (χ1v) is 8.23. The van der Waals surface area contributed by atoms with Crippen LogP contribution in [0.4, 0.5) is 0 Å². The minimum Gasteiger partial charge on any atom is -0.313 e. The van der Waals surface area contributed by atoms with Crippen molar-refractivity contribution in [2.75, 3.05) is 6.54 Å². The normalized spacial score (nSPS) is 36.2. The molecule has 1 N–H and O–H groups in total. The molecule has 0 bridgehead atoms. The quantitative estimate of drug-likeness (QED) is 0.769. The molecule has 2 aliphatic carbocycles. The fourth-order valence-corrected chi connectivity index (χ4v) is 4.22. The lowest BCUT2D eigenvalue weighted by Gasteiger charge is -2.39. The van der Waals surface area contributed by atoms with Gasteiger partial charge in [-0.1, -0.05) is 47.0 Å². The van der Waals surface area contributed by atoms with Crippen molar-refractivity contribution in [3.05, 3.63) is 0 Å². The van der Waals surface area contributed by atoms with Crippen LogP contribution < -0.4 is 5.32 Å². The lowest BCUT2D eigenvalue weighted by atomic mass is 9.73. The van der Waals surface area contributed by atoms with Gasteiger partial charge >= 0.3 is 0 Å². The fraction of sp³-hybridized carbons (Fsp3) is 1.00. The lowest BCUT2D eigenvalue weighted by molar-refractivity contribution is 0.154. The van der Waals surface area contributed by atoms with E-state index in [1.165, 1.54) is 51.5 Å². The summed E-state index contributed by atoms with van der Waals surface area (Å²) in [5, 5.41) is 3.97. The van der Waals surface area contributed by atoms with Crippen molar-refractivity contribution < 1.29 is 0 Å². The summed E-state index contributed by atoms with van der Waals surface area (Å²) >= 11 is 0. The number of hydrogen-bond donors (Lipinski definition) is 1. The Morgan fingerprint density at radius 3 is 2.44 bits per heavy atom. The minimum absolute atomic E-state index is 0.599. The largest absolute Gasteiger partial charge is 0.313 e. The predicted molar refractivity (Wildman–Crippen MR) is 79.7 cm³/mol. The summed E-state index contributed by atoms with van der Waals surface area (Å²) in [5.74, 6) is 2.67. The van der Waals surface area contributed by atoms with Gasteiger partial charge < -0.3 is 5.32 Å². The summed E-state index contributed by atoms with van der Waals surface area (Å²) in [5.41, 5.74) is 0.599. The second-order valence-corrected chi connectivity index (χ2v) is 7.83. The Hall–Kier alpha value is -0.0400. The van der Waals surface area contributed by atoms with Crippen molar-refractivity contribution in [3.8, 4) is 0 Å². The standard InChI is InChI=1S/C17H33N/c1-13(2)15-8-7-14(3)11-16(15)18-12-17(4)9-5-6-10-17/h13-16,18H,5-12H2,1-4H3. The predicted octanol–water partition coefficient (Wildman–Crippen LogP) is 4.62. The third kappa shape index (κ3) is 3.50. The number of nitrogens with one attached hydrogen (secondary N) is 1. The second-order valence-electron chi connectivity index (χ2n) is 7.83. The highest BCUT2D eigenvalue weighted by atomic mass is 14.9. The number of hydrogen-bond acceptors (Lipinski definition) is 1. The minimum atomic E-state index is 0.599. The Labute approximate surface area is 114 Å². The van der Waals surface area contributed by atoms with Crippen LogP contribution in [0.3, 0.4) is 0 Å². The topological polar surface area (TPSA) is 12.0 Å². The van der Waals surface area contributed by atoms with E-state index in [2.05, 4.69) is 33.0 Å². The third-order valence-electron chi connectivity index (χ3n) is 5.62. The van der Waals surface area contributed by atoms with Crippen LogP contribution in [0.5, 0.6) is 0 Å². The molecule has 0 spiro atoms. The maximum atomic E-state index is 3.97. The van der Waals surface area contributed by atoms with E-state index in [4.69, 9.17) is 0 Å². The van der Waals surface area contributed by atoms with Gasteiger partial charge in [0, 0.05) is 12.6 Å². The van der Waals surface area contributed by atoms with E-state index >= 15 is 0 Å². The Morgan fingerprint density at radius 1 is 1.17 bits per heavy atom. The van der Waals surface area contributed by atoms with E-state index in [0.29, 0.717) is 5.41 Å². The number of rotatable bonds is 4. The van der Waals surface area contributed by atoms with Crippen molar-refractivity contribution in [1.29, 1.82) is 0 Å². The molecule has 3 atom stereocenters. The van der Waals surface area contributed by atoms with Crippen LogP contribution in [-0.2, 0) is 0 Å². The summed E-state index contributed by atoms with van der Waals surface area (Å²) < 4.78 is 0. The Kier molecular flexibility index (Phi) is 4.75. The molecule has 0 radical (unpaired) electrons. The molecule has 2 rings (SSSR count). The third-order valence-corrected chi connectivity index (χ3v) is 5.62. The Bertz CT molecular complexity index is 252. The molecular weight excluding hydrogens is 218 g/mol. The van der Waals surface area contributed by atoms with Crippen LogP contribution in [0, 0.1) is 23.2 Å². The zero-order chi connectivity index (χ0) is 13.2. The van der Waals surface area contributed by atoms with E-state index in [9.17, 15) is 0 Å². The highest BCUT2D eigenvalue weighted by Gasteiger charge is 2.33. The van der Waals surface area contributed by atoms with Crippen LogP contribution in [0.2, 0.25) is 0 Å². The first-order chi connectivity index (χ1) is 8.50. The van der Waals surface area contributed by atoms with Crippen molar-refractivity contribution >= 4 is 0 Å². The molecule has 106 valence electrons. The fourth-order valence-electron chi connectivity index (χ4n) is 4.22. The molecule has 2 fully saturated rings. The lowest BCUT2D eigenvalue weighted by Crippen LogP contribution is -2.46. The zero-order valence-electron chi connectivity index (χ0n) is 13.0. The summed E-state index contributed by atoms with van der Waals surface area (Å²) in [6.07, 6.45) is 10.1. The van der Waals surface area contributed by atoms with Crippen molar-refractivity contribution in [3.63, 3.8) is 0 Å². The molecule has 18 heavy (non-hydrogen) atoms. The first-order valence-electron chi connectivity index (χ1n) is 8.23. The molecule has 0 aromatic heterocycles. The molecule has 2 aliphatic rings. The van der Waals surface area contributed by atoms with Crippen LogP contribution in [0.25, 0.3) is 0 Å². The van der Waals surface area contributed by atoms with Gasteiger partial charge in [-0.2, -0.15) is 0 Å². The second kappa shape index (κ2) is 5.94. The molecular formula is C17H33N. The molecule has 1 heteroatoms. The Morgan fingerprint density at radius 2 is 1.83 bits per heavy atom. The van der Waals surface area contributed by atoms with E-state index in [-0.39, 0.29) is 0 Å². The molecule has 0 saturated heterocycles. The van der Waals surface area contributed by atoms with Crippen LogP contribution >= 0.6 is 0 Å². The average molecular weight is 251 g/mol. The van der Waals surface area contributed by atoms with Crippen LogP contribution in [-0.4, -0.2) is 12.6 Å². The molecule has 0 aliphatic heterocycles. The maximum absolute atomic E-state index is 3.97. The van der Waals surface area contributed by atoms with Gasteiger partial charge in [0.25, 0.3) is 0 Å². The van der Waals surface area contributed by atoms with Crippen molar-refractivity contribution in [2.45, 2.75) is 78.7 Å². The molecule has 3 unspecified atom stereocenters. The summed E-state index contributed by atoms with van der Waals surface area (Å²) in [6.45, 7) is 11.0. The van der Waals surface area contributed by atoms with E-state index in [1.807, 2.05) is 0 Å². The average Bonchev–Trinajstić information content (AvgIpc) is 2.74. The van der Waals surface area contributed by atoms with Gasteiger partial charge in [-0.25, -0.2) is 0 Å². The monoisotopic (exact) mass is 251 g/mol. The highest BCUT2D eigenvalue weighted by molar-refractivity contribution is 4.89. The van der Waals surface area contributed by atoms with E-state index < -0.39 is 0 Å². The van der Waals surface area contributed by atoms with Gasteiger partial charge in [-0.3, -0.25) is 0 Å². The molecule has 2 saturated carbocycles. The zero-order valence-corrected chi connectivity index (χ0v) is 13.0. The van der Waals surface area contributed by atoms with Gasteiger partial charge in [0.2, 0.25) is 0 Å². The molecule has 0 heterocycles. The van der Waals surface area contributed by atoms with Crippen LogP contribution in [0.1, 0.15) is 72.6 Å². The van der Waals surface area contributed by atoms with Gasteiger partial charge in [0.05, 0.1) is 0 Å².